The summed E-state index contributed by atoms with van der Waals surface area (Å²) in [5.74, 6) is 0. The molecule has 0 saturated heterocycles. The van der Waals surface area contributed by atoms with Gasteiger partial charge in [0, 0.05) is 0 Å². The summed E-state index contributed by atoms with van der Waals surface area (Å²) in [7, 11) is 0. The highest BCUT2D eigenvalue weighted by Crippen LogP contribution is 2.49. The largest absolute Gasteiger partial charge is 0.461 e. The third-order valence-electron chi connectivity index (χ3n) is 7.28. The lowest BCUT2D eigenvalue weighted by Crippen LogP contribution is -2.12. The number of ether oxygens (including phenoxy) is 1. The first-order chi connectivity index (χ1) is 13.5. The Morgan fingerprint density at radius 1 is 0.857 bits per heavy atom. The SMILES string of the molecule is Cc1cc(CCCCCC2(C)CC2)c(C)c(CCCCCC2(OC=O)CC2)c1. The van der Waals surface area contributed by atoms with Crippen molar-refractivity contribution in [2.45, 2.75) is 116 Å². The molecule has 0 spiro atoms. The summed E-state index contributed by atoms with van der Waals surface area (Å²) in [5.41, 5.74) is 6.70. The van der Waals surface area contributed by atoms with Gasteiger partial charge in [-0.15, -0.1) is 0 Å². The van der Waals surface area contributed by atoms with E-state index in [2.05, 4.69) is 32.9 Å². The molecule has 3 rings (SSSR count). The maximum absolute atomic E-state index is 10.6. The Hall–Kier alpha value is -1.31. The average Bonchev–Trinajstić information content (AvgIpc) is 3.57. The Balaban J connectivity index is 1.38. The molecule has 0 amide bonds. The monoisotopic (exact) mass is 384 g/mol. The lowest BCUT2D eigenvalue weighted by atomic mass is 9.92. The number of hydrogen-bond donors (Lipinski definition) is 0. The summed E-state index contributed by atoms with van der Waals surface area (Å²) in [5, 5.41) is 0. The highest BCUT2D eigenvalue weighted by Gasteiger charge is 2.44. The Morgan fingerprint density at radius 2 is 1.43 bits per heavy atom. The van der Waals surface area contributed by atoms with Crippen LogP contribution in [0.25, 0.3) is 0 Å². The second-order valence-corrected chi connectivity index (χ2v) is 10.0. The molecule has 1 aromatic rings. The van der Waals surface area contributed by atoms with E-state index in [1.54, 1.807) is 11.1 Å². The fourth-order valence-corrected chi connectivity index (χ4v) is 4.65. The number of rotatable bonds is 14. The fourth-order valence-electron chi connectivity index (χ4n) is 4.65. The molecule has 0 aliphatic heterocycles. The molecule has 0 aromatic heterocycles. The molecule has 0 unspecified atom stereocenters. The van der Waals surface area contributed by atoms with E-state index < -0.39 is 0 Å². The number of carbonyl (C=O) groups excluding carboxylic acids is 1. The minimum absolute atomic E-state index is 0.0783. The van der Waals surface area contributed by atoms with Gasteiger partial charge in [-0.3, -0.25) is 4.79 Å². The third-order valence-corrected chi connectivity index (χ3v) is 7.28. The maximum atomic E-state index is 10.6. The maximum Gasteiger partial charge on any atom is 0.293 e. The minimum atomic E-state index is -0.0783. The Labute approximate surface area is 172 Å². The van der Waals surface area contributed by atoms with Gasteiger partial charge in [-0.05, 0) is 107 Å². The molecule has 156 valence electrons. The van der Waals surface area contributed by atoms with Crippen LogP contribution in [-0.4, -0.2) is 12.1 Å². The van der Waals surface area contributed by atoms with Crippen molar-refractivity contribution >= 4 is 6.47 Å². The molecule has 2 saturated carbocycles. The lowest BCUT2D eigenvalue weighted by molar-refractivity contribution is -0.135. The summed E-state index contributed by atoms with van der Waals surface area (Å²) >= 11 is 0. The van der Waals surface area contributed by atoms with Crippen LogP contribution in [0.5, 0.6) is 0 Å². The molecule has 28 heavy (non-hydrogen) atoms. The molecular formula is C26H40O2. The van der Waals surface area contributed by atoms with E-state index in [4.69, 9.17) is 4.74 Å². The van der Waals surface area contributed by atoms with Gasteiger partial charge in [0.2, 0.25) is 0 Å². The van der Waals surface area contributed by atoms with Crippen molar-refractivity contribution in [2.24, 2.45) is 5.41 Å². The Bertz CT molecular complexity index is 653. The summed E-state index contributed by atoms with van der Waals surface area (Å²) in [4.78, 5) is 10.6. The van der Waals surface area contributed by atoms with Gasteiger partial charge in [0.15, 0.2) is 0 Å². The highest BCUT2D eigenvalue weighted by atomic mass is 16.5. The quantitative estimate of drug-likeness (QED) is 0.254. The molecule has 2 aliphatic carbocycles. The van der Waals surface area contributed by atoms with Crippen LogP contribution in [0.1, 0.15) is 106 Å². The zero-order valence-electron chi connectivity index (χ0n) is 18.4. The van der Waals surface area contributed by atoms with E-state index in [0.29, 0.717) is 11.9 Å². The number of aryl methyl sites for hydroxylation is 3. The van der Waals surface area contributed by atoms with Crippen molar-refractivity contribution in [3.63, 3.8) is 0 Å². The van der Waals surface area contributed by atoms with Crippen molar-refractivity contribution in [3.8, 4) is 0 Å². The molecule has 2 aliphatic rings. The van der Waals surface area contributed by atoms with Crippen molar-refractivity contribution in [3.05, 3.63) is 34.4 Å². The standard InChI is InChI=1S/C26H40O2/c1-21-18-23(10-6-4-8-12-25(3)14-15-25)22(2)24(19-21)11-7-5-9-13-26(16-17-26)28-20-27/h18-20H,4-17H2,1-3H3. The molecule has 2 nitrogen and oxygen atoms in total. The summed E-state index contributed by atoms with van der Waals surface area (Å²) < 4.78 is 5.25. The average molecular weight is 385 g/mol. The Morgan fingerprint density at radius 3 is 1.93 bits per heavy atom. The van der Waals surface area contributed by atoms with Gasteiger partial charge in [0.25, 0.3) is 6.47 Å². The summed E-state index contributed by atoms with van der Waals surface area (Å²) in [6.07, 6.45) is 17.7. The van der Waals surface area contributed by atoms with Gasteiger partial charge in [-0.1, -0.05) is 43.9 Å². The van der Waals surface area contributed by atoms with Crippen molar-refractivity contribution in [1.29, 1.82) is 0 Å². The van der Waals surface area contributed by atoms with Gasteiger partial charge in [0.05, 0.1) is 0 Å². The highest BCUT2D eigenvalue weighted by molar-refractivity contribution is 5.39. The van der Waals surface area contributed by atoms with E-state index in [-0.39, 0.29) is 5.60 Å². The minimum Gasteiger partial charge on any atom is -0.461 e. The zero-order valence-corrected chi connectivity index (χ0v) is 18.4. The molecular weight excluding hydrogens is 344 g/mol. The van der Waals surface area contributed by atoms with Crippen LogP contribution in [-0.2, 0) is 22.4 Å². The first-order valence-corrected chi connectivity index (χ1v) is 11.7. The van der Waals surface area contributed by atoms with Crippen LogP contribution in [0.3, 0.4) is 0 Å². The van der Waals surface area contributed by atoms with Crippen LogP contribution in [0.4, 0.5) is 0 Å². The molecule has 2 fully saturated rings. The second kappa shape index (κ2) is 9.46. The topological polar surface area (TPSA) is 26.3 Å². The van der Waals surface area contributed by atoms with Crippen molar-refractivity contribution < 1.29 is 9.53 Å². The van der Waals surface area contributed by atoms with Crippen molar-refractivity contribution in [1.82, 2.24) is 0 Å². The predicted molar refractivity (Wildman–Crippen MR) is 117 cm³/mol. The lowest BCUT2D eigenvalue weighted by Gasteiger charge is -2.15. The number of benzene rings is 1. The smallest absolute Gasteiger partial charge is 0.293 e. The predicted octanol–water partition coefficient (Wildman–Crippen LogP) is 7.01. The van der Waals surface area contributed by atoms with Gasteiger partial charge in [-0.2, -0.15) is 0 Å². The Kier molecular flexibility index (Phi) is 7.23. The molecule has 0 heterocycles. The number of unbranched alkanes of at least 4 members (excludes halogenated alkanes) is 4. The molecule has 0 N–H and O–H groups in total. The normalized spacial score (nSPS) is 18.7. The summed E-state index contributed by atoms with van der Waals surface area (Å²) in [6.45, 7) is 7.65. The van der Waals surface area contributed by atoms with Crippen LogP contribution in [0.15, 0.2) is 12.1 Å². The van der Waals surface area contributed by atoms with E-state index in [0.717, 1.165) is 19.3 Å². The van der Waals surface area contributed by atoms with Crippen LogP contribution >= 0.6 is 0 Å². The van der Waals surface area contributed by atoms with E-state index in [1.165, 1.54) is 81.8 Å². The van der Waals surface area contributed by atoms with Crippen LogP contribution in [0.2, 0.25) is 0 Å². The third kappa shape index (κ3) is 6.36. The van der Waals surface area contributed by atoms with Crippen molar-refractivity contribution in [2.75, 3.05) is 0 Å². The first-order valence-electron chi connectivity index (χ1n) is 11.7. The molecule has 2 heteroatoms. The van der Waals surface area contributed by atoms with Crippen LogP contribution < -0.4 is 0 Å². The molecule has 0 atom stereocenters. The number of carbonyl (C=O) groups is 1. The summed E-state index contributed by atoms with van der Waals surface area (Å²) in [6, 6.07) is 4.80. The van der Waals surface area contributed by atoms with Gasteiger partial charge in [0.1, 0.15) is 5.60 Å². The van der Waals surface area contributed by atoms with Gasteiger partial charge >= 0.3 is 0 Å². The van der Waals surface area contributed by atoms with Gasteiger partial charge in [-0.25, -0.2) is 0 Å². The first kappa shape index (κ1) is 21.4. The molecule has 0 bridgehead atoms. The second-order valence-electron chi connectivity index (χ2n) is 10.0. The fraction of sp³-hybridized carbons (Fsp3) is 0.731. The van der Waals surface area contributed by atoms with Gasteiger partial charge < -0.3 is 4.74 Å². The van der Waals surface area contributed by atoms with Crippen LogP contribution in [0, 0.1) is 19.3 Å². The molecule has 1 aromatic carbocycles. The van der Waals surface area contributed by atoms with E-state index in [9.17, 15) is 4.79 Å². The zero-order chi connectivity index (χ0) is 20.0. The van der Waals surface area contributed by atoms with E-state index >= 15 is 0 Å². The number of hydrogen-bond acceptors (Lipinski definition) is 2. The molecule has 0 radical (unpaired) electrons. The van der Waals surface area contributed by atoms with E-state index in [1.807, 2.05) is 0 Å².